The summed E-state index contributed by atoms with van der Waals surface area (Å²) in [5, 5.41) is 7.82. The molecule has 2 rings (SSSR count). The SMILES string of the molecule is C1CSC(NCC2CCNC2)C1. The van der Waals surface area contributed by atoms with Gasteiger partial charge in [0.25, 0.3) is 0 Å². The van der Waals surface area contributed by atoms with Crippen molar-refractivity contribution in [2.24, 2.45) is 5.92 Å². The summed E-state index contributed by atoms with van der Waals surface area (Å²) in [6.45, 7) is 3.68. The van der Waals surface area contributed by atoms with E-state index in [2.05, 4.69) is 22.4 Å². The van der Waals surface area contributed by atoms with Gasteiger partial charge >= 0.3 is 0 Å². The van der Waals surface area contributed by atoms with E-state index in [1.165, 1.54) is 44.6 Å². The van der Waals surface area contributed by atoms with Gasteiger partial charge in [-0.3, -0.25) is 0 Å². The number of hydrogen-bond donors (Lipinski definition) is 2. The normalized spacial score (nSPS) is 36.0. The Morgan fingerprint density at radius 3 is 3.08 bits per heavy atom. The first-order valence-corrected chi connectivity index (χ1v) is 6.06. The molecule has 2 aliphatic rings. The maximum Gasteiger partial charge on any atom is 0.0532 e. The van der Waals surface area contributed by atoms with Crippen LogP contribution in [0.4, 0.5) is 0 Å². The zero-order valence-electron chi connectivity index (χ0n) is 7.51. The van der Waals surface area contributed by atoms with Crippen LogP contribution in [0.15, 0.2) is 0 Å². The van der Waals surface area contributed by atoms with E-state index in [4.69, 9.17) is 0 Å². The van der Waals surface area contributed by atoms with Gasteiger partial charge in [-0.2, -0.15) is 0 Å². The van der Waals surface area contributed by atoms with Crippen LogP contribution in [0.1, 0.15) is 19.3 Å². The molecule has 0 radical (unpaired) electrons. The Bertz CT molecular complexity index is 112. The maximum atomic E-state index is 3.65. The number of thioether (sulfide) groups is 1. The molecule has 2 atom stereocenters. The monoisotopic (exact) mass is 186 g/mol. The van der Waals surface area contributed by atoms with Crippen molar-refractivity contribution in [1.82, 2.24) is 10.6 Å². The summed E-state index contributed by atoms with van der Waals surface area (Å²) in [6.07, 6.45) is 4.15. The highest BCUT2D eigenvalue weighted by molar-refractivity contribution is 8.00. The Morgan fingerprint density at radius 2 is 2.42 bits per heavy atom. The van der Waals surface area contributed by atoms with Crippen LogP contribution < -0.4 is 10.6 Å². The fourth-order valence-electron chi connectivity index (χ4n) is 1.93. The Balaban J connectivity index is 1.60. The molecule has 0 amide bonds. The maximum absolute atomic E-state index is 3.65. The van der Waals surface area contributed by atoms with Crippen LogP contribution in [-0.4, -0.2) is 30.8 Å². The second kappa shape index (κ2) is 4.49. The van der Waals surface area contributed by atoms with Gasteiger partial charge in [-0.25, -0.2) is 0 Å². The highest BCUT2D eigenvalue weighted by Gasteiger charge is 2.18. The Labute approximate surface area is 78.9 Å². The zero-order chi connectivity index (χ0) is 8.23. The first-order valence-electron chi connectivity index (χ1n) is 5.01. The van der Waals surface area contributed by atoms with Gasteiger partial charge in [0, 0.05) is 6.54 Å². The zero-order valence-corrected chi connectivity index (χ0v) is 8.33. The van der Waals surface area contributed by atoms with Gasteiger partial charge in [0.2, 0.25) is 0 Å². The second-order valence-corrected chi connectivity index (χ2v) is 5.08. The third kappa shape index (κ3) is 2.38. The van der Waals surface area contributed by atoms with Gasteiger partial charge in [-0.1, -0.05) is 0 Å². The molecule has 0 aliphatic carbocycles. The van der Waals surface area contributed by atoms with Crippen molar-refractivity contribution < 1.29 is 0 Å². The van der Waals surface area contributed by atoms with Gasteiger partial charge in [0.1, 0.15) is 0 Å². The quantitative estimate of drug-likeness (QED) is 0.688. The topological polar surface area (TPSA) is 24.1 Å². The molecule has 2 saturated heterocycles. The molecular formula is C9H18N2S. The summed E-state index contributed by atoms with van der Waals surface area (Å²) in [5.41, 5.74) is 0. The van der Waals surface area contributed by atoms with Crippen molar-refractivity contribution in [3.05, 3.63) is 0 Å². The predicted octanol–water partition coefficient (Wildman–Crippen LogP) is 1.04. The van der Waals surface area contributed by atoms with Crippen molar-refractivity contribution in [1.29, 1.82) is 0 Å². The summed E-state index contributed by atoms with van der Waals surface area (Å²) < 4.78 is 0. The van der Waals surface area contributed by atoms with E-state index in [0.29, 0.717) is 0 Å². The Hall–Kier alpha value is 0.270. The summed E-state index contributed by atoms with van der Waals surface area (Å²) in [7, 11) is 0. The van der Waals surface area contributed by atoms with E-state index >= 15 is 0 Å². The largest absolute Gasteiger partial charge is 0.316 e. The van der Waals surface area contributed by atoms with E-state index in [1.807, 2.05) is 0 Å². The average molecular weight is 186 g/mol. The lowest BCUT2D eigenvalue weighted by atomic mass is 10.1. The Morgan fingerprint density at radius 1 is 1.42 bits per heavy atom. The molecule has 0 bridgehead atoms. The van der Waals surface area contributed by atoms with Gasteiger partial charge < -0.3 is 10.6 Å². The molecule has 70 valence electrons. The highest BCUT2D eigenvalue weighted by Crippen LogP contribution is 2.24. The lowest BCUT2D eigenvalue weighted by molar-refractivity contribution is 0.496. The minimum atomic E-state index is 0.769. The molecular weight excluding hydrogens is 168 g/mol. The van der Waals surface area contributed by atoms with Gasteiger partial charge in [0.15, 0.2) is 0 Å². The molecule has 0 spiro atoms. The summed E-state index contributed by atoms with van der Waals surface area (Å²) in [6, 6.07) is 0. The molecule has 0 saturated carbocycles. The first kappa shape index (κ1) is 8.85. The molecule has 2 fully saturated rings. The van der Waals surface area contributed by atoms with Crippen LogP contribution in [0.5, 0.6) is 0 Å². The lowest BCUT2D eigenvalue weighted by Crippen LogP contribution is -2.30. The molecule has 0 aromatic heterocycles. The molecule has 2 N–H and O–H groups in total. The molecule has 2 heterocycles. The summed E-state index contributed by atoms with van der Waals surface area (Å²) in [5.74, 6) is 2.26. The molecule has 0 aromatic rings. The van der Waals surface area contributed by atoms with E-state index in [0.717, 1.165) is 11.3 Å². The van der Waals surface area contributed by atoms with E-state index in [9.17, 15) is 0 Å². The van der Waals surface area contributed by atoms with Crippen LogP contribution in [0, 0.1) is 5.92 Å². The Kier molecular flexibility index (Phi) is 3.31. The molecule has 2 unspecified atom stereocenters. The minimum Gasteiger partial charge on any atom is -0.316 e. The summed E-state index contributed by atoms with van der Waals surface area (Å²) in [4.78, 5) is 0. The number of rotatable bonds is 3. The first-order chi connectivity index (χ1) is 5.95. The third-order valence-electron chi connectivity index (χ3n) is 2.73. The van der Waals surface area contributed by atoms with Crippen molar-refractivity contribution >= 4 is 11.8 Å². The van der Waals surface area contributed by atoms with E-state index in [-0.39, 0.29) is 0 Å². The molecule has 12 heavy (non-hydrogen) atoms. The van der Waals surface area contributed by atoms with Crippen LogP contribution in [-0.2, 0) is 0 Å². The van der Waals surface area contributed by atoms with Crippen molar-refractivity contribution in [2.75, 3.05) is 25.4 Å². The average Bonchev–Trinajstić information content (AvgIpc) is 2.74. The van der Waals surface area contributed by atoms with Crippen LogP contribution in [0.3, 0.4) is 0 Å². The fourth-order valence-corrected chi connectivity index (χ4v) is 3.09. The smallest absolute Gasteiger partial charge is 0.0532 e. The minimum absolute atomic E-state index is 0.769. The van der Waals surface area contributed by atoms with E-state index in [1.54, 1.807) is 0 Å². The van der Waals surface area contributed by atoms with Crippen molar-refractivity contribution in [2.45, 2.75) is 24.6 Å². The van der Waals surface area contributed by atoms with Gasteiger partial charge in [-0.15, -0.1) is 11.8 Å². The molecule has 2 aliphatic heterocycles. The molecule has 0 aromatic carbocycles. The van der Waals surface area contributed by atoms with Crippen LogP contribution in [0.2, 0.25) is 0 Å². The summed E-state index contributed by atoms with van der Waals surface area (Å²) >= 11 is 2.09. The van der Waals surface area contributed by atoms with Crippen LogP contribution >= 0.6 is 11.8 Å². The predicted molar refractivity (Wildman–Crippen MR) is 54.5 cm³/mol. The molecule has 2 nitrogen and oxygen atoms in total. The van der Waals surface area contributed by atoms with Gasteiger partial charge in [-0.05, 0) is 44.0 Å². The lowest BCUT2D eigenvalue weighted by Gasteiger charge is -2.14. The highest BCUT2D eigenvalue weighted by atomic mass is 32.2. The second-order valence-electron chi connectivity index (χ2n) is 3.77. The molecule has 3 heteroatoms. The third-order valence-corrected chi connectivity index (χ3v) is 4.06. The number of nitrogens with one attached hydrogen (secondary N) is 2. The van der Waals surface area contributed by atoms with Crippen molar-refractivity contribution in [3.63, 3.8) is 0 Å². The fraction of sp³-hybridized carbons (Fsp3) is 1.00. The van der Waals surface area contributed by atoms with Crippen molar-refractivity contribution in [3.8, 4) is 0 Å². The number of hydrogen-bond acceptors (Lipinski definition) is 3. The van der Waals surface area contributed by atoms with Gasteiger partial charge in [0.05, 0.1) is 5.37 Å². The van der Waals surface area contributed by atoms with E-state index < -0.39 is 0 Å². The standard InChI is InChI=1S/C9H18N2S/c1-2-9(12-5-1)11-7-8-3-4-10-6-8/h8-11H,1-7H2. The van der Waals surface area contributed by atoms with Crippen LogP contribution in [0.25, 0.3) is 0 Å².